The van der Waals surface area contributed by atoms with E-state index in [1.807, 2.05) is 18.2 Å². The highest BCUT2D eigenvalue weighted by Gasteiger charge is 2.24. The van der Waals surface area contributed by atoms with Crippen LogP contribution in [0.25, 0.3) is 0 Å². The van der Waals surface area contributed by atoms with Gasteiger partial charge in [0.1, 0.15) is 11.5 Å². The lowest BCUT2D eigenvalue weighted by Crippen LogP contribution is -2.19. The van der Waals surface area contributed by atoms with Gasteiger partial charge < -0.3 is 9.47 Å². The quantitative estimate of drug-likeness (QED) is 0.371. The molecule has 0 heterocycles. The molecule has 130 valence electrons. The highest BCUT2D eigenvalue weighted by molar-refractivity contribution is 14.1. The molecule has 1 aliphatic rings. The molecule has 0 aromatic heterocycles. The van der Waals surface area contributed by atoms with Crippen LogP contribution >= 0.6 is 22.6 Å². The van der Waals surface area contributed by atoms with Crippen molar-refractivity contribution < 1.29 is 9.47 Å². The first-order valence-corrected chi connectivity index (χ1v) is 9.65. The summed E-state index contributed by atoms with van der Waals surface area (Å²) < 4.78 is 13.0. The third-order valence-electron chi connectivity index (χ3n) is 4.29. The van der Waals surface area contributed by atoms with Gasteiger partial charge in [-0.25, -0.2) is 0 Å². The Kier molecular flexibility index (Phi) is 6.60. The minimum atomic E-state index is 0.346. The summed E-state index contributed by atoms with van der Waals surface area (Å²) in [7, 11) is 0. The molecule has 1 N–H and O–H groups in total. The molecule has 1 unspecified atom stereocenters. The van der Waals surface area contributed by atoms with Gasteiger partial charge >= 0.3 is 0 Å². The van der Waals surface area contributed by atoms with Crippen molar-refractivity contribution in [2.45, 2.75) is 25.3 Å². The third kappa shape index (κ3) is 4.90. The van der Waals surface area contributed by atoms with Crippen LogP contribution in [0, 0.1) is 15.9 Å². The van der Waals surface area contributed by atoms with Crippen molar-refractivity contribution in [3.8, 4) is 23.8 Å². The molecule has 0 saturated heterocycles. The highest BCUT2D eigenvalue weighted by atomic mass is 127. The number of halogens is 1. The Labute approximate surface area is 163 Å². The fraction of sp³-hybridized carbons (Fsp3) is 0.333. The molecule has 25 heavy (non-hydrogen) atoms. The Morgan fingerprint density at radius 2 is 2.00 bits per heavy atom. The fourth-order valence-corrected chi connectivity index (χ4v) is 3.65. The Balaban J connectivity index is 1.48. The number of nitrogens with one attached hydrogen (secondary N) is 1. The summed E-state index contributed by atoms with van der Waals surface area (Å²) in [5.41, 5.74) is 2.64. The molecule has 0 fully saturated rings. The third-order valence-corrected chi connectivity index (χ3v) is 4.96. The second kappa shape index (κ2) is 9.12. The number of rotatable bonds is 8. The van der Waals surface area contributed by atoms with E-state index in [0.29, 0.717) is 25.8 Å². The van der Waals surface area contributed by atoms with E-state index in [-0.39, 0.29) is 0 Å². The van der Waals surface area contributed by atoms with Gasteiger partial charge in [-0.3, -0.25) is 5.32 Å². The topological polar surface area (TPSA) is 30.5 Å². The largest absolute Gasteiger partial charge is 0.493 e. The zero-order valence-electron chi connectivity index (χ0n) is 14.1. The lowest BCUT2D eigenvalue weighted by molar-refractivity contribution is 0.246. The predicted octanol–water partition coefficient (Wildman–Crippen LogP) is 4.35. The first-order valence-electron chi connectivity index (χ1n) is 8.57. The second-order valence-electron chi connectivity index (χ2n) is 6.01. The molecule has 4 heteroatoms. The van der Waals surface area contributed by atoms with Crippen molar-refractivity contribution >= 4 is 22.6 Å². The molecule has 0 bridgehead atoms. The van der Waals surface area contributed by atoms with Crippen LogP contribution in [0.2, 0.25) is 0 Å². The molecule has 2 aromatic carbocycles. The number of fused-ring (bicyclic) bond motifs is 1. The van der Waals surface area contributed by atoms with Crippen molar-refractivity contribution in [3.63, 3.8) is 0 Å². The molecule has 0 saturated carbocycles. The SMILES string of the molecule is C#CCNC1CCc2c(OCCCOc3cccc(I)c3)cccc21. The fourth-order valence-electron chi connectivity index (χ4n) is 3.14. The summed E-state index contributed by atoms with van der Waals surface area (Å²) in [5.74, 6) is 4.56. The van der Waals surface area contributed by atoms with Crippen molar-refractivity contribution in [2.24, 2.45) is 0 Å². The van der Waals surface area contributed by atoms with Crippen LogP contribution in [0.5, 0.6) is 11.5 Å². The number of benzene rings is 2. The van der Waals surface area contributed by atoms with Crippen LogP contribution in [-0.2, 0) is 6.42 Å². The van der Waals surface area contributed by atoms with E-state index in [4.69, 9.17) is 15.9 Å². The van der Waals surface area contributed by atoms with E-state index in [2.05, 4.69) is 58.1 Å². The number of hydrogen-bond donors (Lipinski definition) is 1. The second-order valence-corrected chi connectivity index (χ2v) is 7.25. The van der Waals surface area contributed by atoms with E-state index in [9.17, 15) is 0 Å². The maximum absolute atomic E-state index is 6.01. The summed E-state index contributed by atoms with van der Waals surface area (Å²) in [6, 6.07) is 14.7. The van der Waals surface area contributed by atoms with E-state index in [1.165, 1.54) is 14.7 Å². The monoisotopic (exact) mass is 447 g/mol. The average Bonchev–Trinajstić information content (AvgIpc) is 3.03. The van der Waals surface area contributed by atoms with Gasteiger partial charge in [-0.15, -0.1) is 6.42 Å². The van der Waals surface area contributed by atoms with E-state index >= 15 is 0 Å². The Hall–Kier alpha value is -1.71. The maximum Gasteiger partial charge on any atom is 0.122 e. The Morgan fingerprint density at radius 3 is 2.84 bits per heavy atom. The van der Waals surface area contributed by atoms with Crippen LogP contribution in [0.15, 0.2) is 42.5 Å². The molecule has 1 atom stereocenters. The first kappa shape index (κ1) is 18.1. The van der Waals surface area contributed by atoms with Crippen LogP contribution < -0.4 is 14.8 Å². The summed E-state index contributed by atoms with van der Waals surface area (Å²) in [6.45, 7) is 1.91. The summed E-state index contributed by atoms with van der Waals surface area (Å²) in [4.78, 5) is 0. The Morgan fingerprint density at radius 1 is 1.16 bits per heavy atom. The van der Waals surface area contributed by atoms with E-state index in [0.717, 1.165) is 30.8 Å². The lowest BCUT2D eigenvalue weighted by atomic mass is 10.1. The van der Waals surface area contributed by atoms with Crippen LogP contribution in [0.1, 0.15) is 30.0 Å². The van der Waals surface area contributed by atoms with Gasteiger partial charge in [0.05, 0.1) is 19.8 Å². The van der Waals surface area contributed by atoms with Crippen LogP contribution in [-0.4, -0.2) is 19.8 Å². The molecule has 0 aliphatic heterocycles. The molecule has 1 aliphatic carbocycles. The summed E-state index contributed by atoms with van der Waals surface area (Å²) in [6.07, 6.45) is 8.32. The molecule has 0 amide bonds. The molecule has 0 radical (unpaired) electrons. The zero-order chi connectivity index (χ0) is 17.5. The van der Waals surface area contributed by atoms with Gasteiger partial charge in [0.15, 0.2) is 0 Å². The lowest BCUT2D eigenvalue weighted by Gasteiger charge is -2.14. The highest BCUT2D eigenvalue weighted by Crippen LogP contribution is 2.36. The van der Waals surface area contributed by atoms with E-state index < -0.39 is 0 Å². The van der Waals surface area contributed by atoms with Gasteiger partial charge in [0, 0.05) is 16.0 Å². The number of terminal acetylenes is 1. The Bertz CT molecular complexity index is 754. The van der Waals surface area contributed by atoms with Gasteiger partial charge in [0.2, 0.25) is 0 Å². The molecule has 3 rings (SSSR count). The van der Waals surface area contributed by atoms with Gasteiger partial charge in [0.25, 0.3) is 0 Å². The first-order chi connectivity index (χ1) is 12.3. The van der Waals surface area contributed by atoms with Crippen LogP contribution in [0.3, 0.4) is 0 Å². The maximum atomic E-state index is 6.01. The standard InChI is InChI=1S/C21H22INO2/c1-2-12-23-20-11-10-19-18(20)8-4-9-21(19)25-14-5-13-24-17-7-3-6-16(22)15-17/h1,3-4,6-9,15,20,23H,5,10-14H2. The normalized spacial score (nSPS) is 15.4. The van der Waals surface area contributed by atoms with Crippen molar-refractivity contribution in [2.75, 3.05) is 19.8 Å². The van der Waals surface area contributed by atoms with E-state index in [1.54, 1.807) is 0 Å². The molecule has 0 spiro atoms. The summed E-state index contributed by atoms with van der Waals surface area (Å²) in [5, 5.41) is 3.40. The predicted molar refractivity (Wildman–Crippen MR) is 109 cm³/mol. The molecule has 3 nitrogen and oxygen atoms in total. The smallest absolute Gasteiger partial charge is 0.122 e. The van der Waals surface area contributed by atoms with Crippen molar-refractivity contribution in [3.05, 3.63) is 57.2 Å². The zero-order valence-corrected chi connectivity index (χ0v) is 16.3. The minimum Gasteiger partial charge on any atom is -0.493 e. The molecular weight excluding hydrogens is 425 g/mol. The van der Waals surface area contributed by atoms with Crippen molar-refractivity contribution in [1.82, 2.24) is 5.32 Å². The molecular formula is C21H22INO2. The number of ether oxygens (including phenoxy) is 2. The summed E-state index contributed by atoms with van der Waals surface area (Å²) >= 11 is 2.29. The number of hydrogen-bond acceptors (Lipinski definition) is 3. The average molecular weight is 447 g/mol. The van der Waals surface area contributed by atoms with Crippen LogP contribution in [0.4, 0.5) is 0 Å². The minimum absolute atomic E-state index is 0.346. The van der Waals surface area contributed by atoms with Gasteiger partial charge in [-0.1, -0.05) is 24.1 Å². The van der Waals surface area contributed by atoms with Crippen molar-refractivity contribution in [1.29, 1.82) is 0 Å². The van der Waals surface area contributed by atoms with Gasteiger partial charge in [-0.2, -0.15) is 0 Å². The van der Waals surface area contributed by atoms with Gasteiger partial charge in [-0.05, 0) is 70.8 Å². The molecule has 2 aromatic rings.